The summed E-state index contributed by atoms with van der Waals surface area (Å²) in [5, 5.41) is 11.4. The van der Waals surface area contributed by atoms with Gasteiger partial charge in [0, 0.05) is 13.2 Å². The normalized spacial score (nSPS) is 11.6. The summed E-state index contributed by atoms with van der Waals surface area (Å²) in [5.41, 5.74) is 0.924. The van der Waals surface area contributed by atoms with Gasteiger partial charge in [0.1, 0.15) is 4.90 Å². The van der Waals surface area contributed by atoms with Crippen molar-refractivity contribution in [2.24, 2.45) is 12.2 Å². The van der Waals surface area contributed by atoms with Gasteiger partial charge in [-0.1, -0.05) is 0 Å². The van der Waals surface area contributed by atoms with E-state index in [1.165, 1.54) is 29.3 Å². The second-order valence-electron chi connectivity index (χ2n) is 4.08. The van der Waals surface area contributed by atoms with E-state index in [1.54, 1.807) is 6.07 Å². The minimum atomic E-state index is -3.95. The third-order valence-electron chi connectivity index (χ3n) is 2.41. The van der Waals surface area contributed by atoms with E-state index in [9.17, 15) is 13.2 Å². The predicted molar refractivity (Wildman–Crippen MR) is 79.3 cm³/mol. The predicted octanol–water partition coefficient (Wildman–Crippen LogP) is 1.45. The molecule has 2 rings (SSSR count). The van der Waals surface area contributed by atoms with Crippen molar-refractivity contribution in [1.29, 1.82) is 0 Å². The Morgan fingerprint density at radius 2 is 2.20 bits per heavy atom. The SMILES string of the molecule is Cc1cc(C(=O)Nc2nn(C)cc2S(N)(=O)=O)sc1Br. The molecule has 7 nitrogen and oxygen atoms in total. The molecule has 0 fully saturated rings. The third kappa shape index (κ3) is 3.08. The average Bonchev–Trinajstić information content (AvgIpc) is 2.83. The first-order chi connectivity index (χ1) is 9.18. The van der Waals surface area contributed by atoms with Gasteiger partial charge in [0.15, 0.2) is 5.82 Å². The number of hydrogen-bond acceptors (Lipinski definition) is 5. The lowest BCUT2D eigenvalue weighted by Crippen LogP contribution is -2.17. The second-order valence-corrected chi connectivity index (χ2v) is 7.98. The molecule has 0 aliphatic heterocycles. The van der Waals surface area contributed by atoms with Crippen LogP contribution in [0.25, 0.3) is 0 Å². The maximum atomic E-state index is 12.1. The van der Waals surface area contributed by atoms with Crippen LogP contribution in [0.2, 0.25) is 0 Å². The van der Waals surface area contributed by atoms with Crippen LogP contribution in [0.3, 0.4) is 0 Å². The zero-order valence-electron chi connectivity index (χ0n) is 10.5. The zero-order chi connectivity index (χ0) is 15.1. The number of thiophene rings is 1. The van der Waals surface area contributed by atoms with E-state index < -0.39 is 15.9 Å². The van der Waals surface area contributed by atoms with Crippen LogP contribution in [0.1, 0.15) is 15.2 Å². The number of halogens is 1. The molecule has 0 atom stereocenters. The summed E-state index contributed by atoms with van der Waals surface area (Å²) in [5.74, 6) is -0.519. The van der Waals surface area contributed by atoms with Crippen LogP contribution in [0.4, 0.5) is 5.82 Å². The Labute approximate surface area is 128 Å². The minimum Gasteiger partial charge on any atom is -0.303 e. The molecule has 0 saturated carbocycles. The van der Waals surface area contributed by atoms with Crippen LogP contribution in [-0.4, -0.2) is 24.1 Å². The Bertz CT molecular complexity index is 759. The molecule has 0 aromatic carbocycles. The van der Waals surface area contributed by atoms with Gasteiger partial charge in [-0.2, -0.15) is 5.10 Å². The second kappa shape index (κ2) is 5.28. The topological polar surface area (TPSA) is 107 Å². The monoisotopic (exact) mass is 378 g/mol. The molecule has 0 saturated heterocycles. The van der Waals surface area contributed by atoms with Crippen molar-refractivity contribution < 1.29 is 13.2 Å². The summed E-state index contributed by atoms with van der Waals surface area (Å²) in [6.45, 7) is 1.86. The number of hydrogen-bond donors (Lipinski definition) is 2. The summed E-state index contributed by atoms with van der Waals surface area (Å²) in [7, 11) is -2.41. The maximum absolute atomic E-state index is 12.1. The number of aryl methyl sites for hydroxylation is 2. The highest BCUT2D eigenvalue weighted by atomic mass is 79.9. The molecule has 2 heterocycles. The summed E-state index contributed by atoms with van der Waals surface area (Å²) in [6, 6.07) is 1.70. The van der Waals surface area contributed by atoms with Gasteiger partial charge >= 0.3 is 0 Å². The summed E-state index contributed by atoms with van der Waals surface area (Å²) in [4.78, 5) is 12.3. The molecule has 0 spiro atoms. The van der Waals surface area contributed by atoms with E-state index in [4.69, 9.17) is 5.14 Å². The van der Waals surface area contributed by atoms with Gasteiger partial charge in [-0.15, -0.1) is 11.3 Å². The largest absolute Gasteiger partial charge is 0.303 e. The van der Waals surface area contributed by atoms with Crippen molar-refractivity contribution >= 4 is 49.0 Å². The molecule has 2 aromatic heterocycles. The smallest absolute Gasteiger partial charge is 0.267 e. The van der Waals surface area contributed by atoms with Gasteiger partial charge in [-0.25, -0.2) is 13.6 Å². The van der Waals surface area contributed by atoms with E-state index in [0.717, 1.165) is 9.35 Å². The molecular formula is C10H11BrN4O3S2. The van der Waals surface area contributed by atoms with Crippen LogP contribution >= 0.6 is 27.3 Å². The van der Waals surface area contributed by atoms with Crippen molar-refractivity contribution in [1.82, 2.24) is 9.78 Å². The Balaban J connectivity index is 2.33. The molecular weight excluding hydrogens is 368 g/mol. The van der Waals surface area contributed by atoms with Crippen molar-refractivity contribution in [2.45, 2.75) is 11.8 Å². The van der Waals surface area contributed by atoms with Gasteiger partial charge < -0.3 is 5.32 Å². The number of nitrogens with zero attached hydrogens (tertiary/aromatic N) is 2. The van der Waals surface area contributed by atoms with Crippen molar-refractivity contribution in [3.63, 3.8) is 0 Å². The lowest BCUT2D eigenvalue weighted by atomic mass is 10.3. The van der Waals surface area contributed by atoms with E-state index in [1.807, 2.05) is 6.92 Å². The first-order valence-electron chi connectivity index (χ1n) is 5.32. The number of nitrogens with one attached hydrogen (secondary N) is 1. The van der Waals surface area contributed by atoms with Gasteiger partial charge in [0.25, 0.3) is 5.91 Å². The standard InChI is InChI=1S/C10H11BrN4O3S2/c1-5-3-6(19-8(5)11)10(16)13-9-7(20(12,17)18)4-15(2)14-9/h3-4H,1-2H3,(H2,12,17,18)(H,13,14,16). The minimum absolute atomic E-state index is 0.0813. The molecule has 1 amide bonds. The summed E-state index contributed by atoms with van der Waals surface area (Å²) < 4.78 is 24.9. The average molecular weight is 379 g/mol. The molecule has 3 N–H and O–H groups in total. The number of aromatic nitrogens is 2. The fraction of sp³-hybridized carbons (Fsp3) is 0.200. The number of sulfonamides is 1. The number of rotatable bonds is 3. The molecule has 0 radical (unpaired) electrons. The zero-order valence-corrected chi connectivity index (χ0v) is 13.8. The Hall–Kier alpha value is -1.23. The van der Waals surface area contributed by atoms with Crippen LogP contribution in [-0.2, 0) is 17.1 Å². The molecule has 2 aromatic rings. The first-order valence-corrected chi connectivity index (χ1v) is 8.48. The summed E-state index contributed by atoms with van der Waals surface area (Å²) >= 11 is 4.57. The highest BCUT2D eigenvalue weighted by Crippen LogP contribution is 2.28. The lowest BCUT2D eigenvalue weighted by molar-refractivity contribution is 0.103. The fourth-order valence-corrected chi connectivity index (χ4v) is 3.59. The molecule has 108 valence electrons. The number of primary sulfonamides is 1. The van der Waals surface area contributed by atoms with Crippen molar-refractivity contribution in [2.75, 3.05) is 5.32 Å². The van der Waals surface area contributed by atoms with E-state index in [-0.39, 0.29) is 10.7 Å². The highest BCUT2D eigenvalue weighted by molar-refractivity contribution is 9.11. The highest BCUT2D eigenvalue weighted by Gasteiger charge is 2.21. The van der Waals surface area contributed by atoms with E-state index in [2.05, 4.69) is 26.3 Å². The van der Waals surface area contributed by atoms with Gasteiger partial charge in [0.05, 0.1) is 8.66 Å². The van der Waals surface area contributed by atoms with Crippen LogP contribution < -0.4 is 10.5 Å². The molecule has 10 heteroatoms. The quantitative estimate of drug-likeness (QED) is 0.842. The Morgan fingerprint density at radius 3 is 2.70 bits per heavy atom. The fourth-order valence-electron chi connectivity index (χ4n) is 1.50. The Kier molecular flexibility index (Phi) is 4.00. The van der Waals surface area contributed by atoms with Crippen LogP contribution in [0.15, 0.2) is 20.9 Å². The van der Waals surface area contributed by atoms with E-state index in [0.29, 0.717) is 4.88 Å². The van der Waals surface area contributed by atoms with Crippen LogP contribution in [0.5, 0.6) is 0 Å². The molecule has 0 bridgehead atoms. The lowest BCUT2D eigenvalue weighted by Gasteiger charge is -2.01. The maximum Gasteiger partial charge on any atom is 0.267 e. The number of carbonyl (C=O) groups is 1. The number of carbonyl (C=O) groups excluding carboxylic acids is 1. The van der Waals surface area contributed by atoms with Crippen LogP contribution in [0, 0.1) is 6.92 Å². The van der Waals surface area contributed by atoms with Crippen molar-refractivity contribution in [3.8, 4) is 0 Å². The van der Waals surface area contributed by atoms with Gasteiger partial charge in [-0.05, 0) is 34.5 Å². The summed E-state index contributed by atoms with van der Waals surface area (Å²) in [6.07, 6.45) is 1.24. The van der Waals surface area contributed by atoms with E-state index >= 15 is 0 Å². The third-order valence-corrected chi connectivity index (χ3v) is 5.46. The number of nitrogens with two attached hydrogens (primary N) is 1. The van der Waals surface area contributed by atoms with Crippen molar-refractivity contribution in [3.05, 3.63) is 26.5 Å². The van der Waals surface area contributed by atoms with Gasteiger partial charge in [-0.3, -0.25) is 9.48 Å². The first kappa shape index (κ1) is 15.2. The molecule has 0 aliphatic carbocycles. The molecule has 20 heavy (non-hydrogen) atoms. The number of anilines is 1. The molecule has 0 aliphatic rings. The Morgan fingerprint density at radius 1 is 1.55 bits per heavy atom. The number of amides is 1. The molecule has 0 unspecified atom stereocenters. The van der Waals surface area contributed by atoms with Gasteiger partial charge in [0.2, 0.25) is 10.0 Å².